The summed E-state index contributed by atoms with van der Waals surface area (Å²) in [5, 5.41) is 0. The molecule has 3 fully saturated rings. The van der Waals surface area contributed by atoms with Crippen LogP contribution in [0.5, 0.6) is 0 Å². The van der Waals surface area contributed by atoms with Gasteiger partial charge in [0.15, 0.2) is 11.6 Å². The van der Waals surface area contributed by atoms with Crippen molar-refractivity contribution in [3.63, 3.8) is 0 Å². The van der Waals surface area contributed by atoms with Crippen molar-refractivity contribution in [2.45, 2.75) is 96.3 Å². The van der Waals surface area contributed by atoms with Gasteiger partial charge in [0.2, 0.25) is 0 Å². The van der Waals surface area contributed by atoms with E-state index in [4.69, 9.17) is 0 Å². The molecule has 1 aromatic rings. The van der Waals surface area contributed by atoms with Gasteiger partial charge in [0.05, 0.1) is 0 Å². The van der Waals surface area contributed by atoms with Crippen LogP contribution in [0.15, 0.2) is 18.2 Å². The van der Waals surface area contributed by atoms with Crippen LogP contribution >= 0.6 is 0 Å². The summed E-state index contributed by atoms with van der Waals surface area (Å²) in [7, 11) is 0. The van der Waals surface area contributed by atoms with E-state index in [1.807, 2.05) is 0 Å². The zero-order chi connectivity index (χ0) is 19.5. The highest BCUT2D eigenvalue weighted by molar-refractivity contribution is 5.22. The Balaban J connectivity index is 1.26. The van der Waals surface area contributed by atoms with Crippen molar-refractivity contribution < 1.29 is 8.78 Å². The molecule has 0 spiro atoms. The first-order valence-corrected chi connectivity index (χ1v) is 12.1. The van der Waals surface area contributed by atoms with Crippen LogP contribution in [0, 0.1) is 41.2 Å². The van der Waals surface area contributed by atoms with E-state index in [1.54, 1.807) is 6.07 Å². The van der Waals surface area contributed by atoms with Crippen LogP contribution in [0.1, 0.15) is 102 Å². The van der Waals surface area contributed by atoms with Crippen LogP contribution in [-0.4, -0.2) is 0 Å². The molecule has 4 rings (SSSR count). The molecule has 0 aromatic heterocycles. The molecule has 3 aliphatic carbocycles. The van der Waals surface area contributed by atoms with Crippen molar-refractivity contribution in [2.75, 3.05) is 0 Å². The normalized spacial score (nSPS) is 36.1. The molecule has 2 heteroatoms. The van der Waals surface area contributed by atoms with Crippen LogP contribution in [0.25, 0.3) is 0 Å². The summed E-state index contributed by atoms with van der Waals surface area (Å²) in [6.07, 6.45) is 18.0. The van der Waals surface area contributed by atoms with E-state index in [-0.39, 0.29) is 0 Å². The van der Waals surface area contributed by atoms with E-state index >= 15 is 0 Å². The van der Waals surface area contributed by atoms with Crippen LogP contribution in [0.3, 0.4) is 0 Å². The number of hydrogen-bond donors (Lipinski definition) is 0. The van der Waals surface area contributed by atoms with E-state index in [2.05, 4.69) is 6.92 Å². The summed E-state index contributed by atoms with van der Waals surface area (Å²) in [6, 6.07) is 4.53. The topological polar surface area (TPSA) is 0 Å². The van der Waals surface area contributed by atoms with Gasteiger partial charge >= 0.3 is 0 Å². The molecule has 0 radical (unpaired) electrons. The smallest absolute Gasteiger partial charge is 0.159 e. The van der Waals surface area contributed by atoms with Gasteiger partial charge in [0.1, 0.15) is 0 Å². The van der Waals surface area contributed by atoms with E-state index in [0.29, 0.717) is 5.92 Å². The van der Waals surface area contributed by atoms with E-state index in [9.17, 15) is 8.78 Å². The number of unbranched alkanes of at least 4 members (excludes halogenated alkanes) is 1. The quantitative estimate of drug-likeness (QED) is 0.476. The summed E-state index contributed by atoms with van der Waals surface area (Å²) in [6.45, 7) is 2.32. The molecule has 28 heavy (non-hydrogen) atoms. The maximum absolute atomic E-state index is 13.6. The Morgan fingerprint density at radius 2 is 1.39 bits per heavy atom. The van der Waals surface area contributed by atoms with Gasteiger partial charge < -0.3 is 0 Å². The lowest BCUT2D eigenvalue weighted by Gasteiger charge is -2.45. The molecule has 4 unspecified atom stereocenters. The van der Waals surface area contributed by atoms with E-state index in [0.717, 1.165) is 48.0 Å². The van der Waals surface area contributed by atoms with Crippen molar-refractivity contribution in [1.82, 2.24) is 0 Å². The Labute approximate surface area is 170 Å². The predicted octanol–water partition coefficient (Wildman–Crippen LogP) is 8.26. The third kappa shape index (κ3) is 4.62. The lowest BCUT2D eigenvalue weighted by Crippen LogP contribution is -2.34. The first-order valence-electron chi connectivity index (χ1n) is 12.1. The SMILES string of the molecule is CCCCC1CCC2CC(C3CCC(c4ccc(F)c(F)c4)CC3)CCC2C1. The second-order valence-corrected chi connectivity index (χ2v) is 10.2. The van der Waals surface area contributed by atoms with E-state index < -0.39 is 11.6 Å². The molecule has 0 saturated heterocycles. The van der Waals surface area contributed by atoms with Crippen molar-refractivity contribution in [3.8, 4) is 0 Å². The van der Waals surface area contributed by atoms with Crippen LogP contribution < -0.4 is 0 Å². The second-order valence-electron chi connectivity index (χ2n) is 10.2. The second kappa shape index (κ2) is 9.26. The molecule has 0 bridgehead atoms. The van der Waals surface area contributed by atoms with Crippen LogP contribution in [0.2, 0.25) is 0 Å². The summed E-state index contributed by atoms with van der Waals surface area (Å²) in [5.41, 5.74) is 1.01. The number of benzene rings is 1. The standard InChI is InChI=1S/C26H38F2/c1-2-3-4-18-5-6-23-16-22(12-11-21(23)15-18)19-7-9-20(10-8-19)24-13-14-25(27)26(28)17-24/h13-14,17-23H,2-12,15-16H2,1H3. The Morgan fingerprint density at radius 1 is 0.750 bits per heavy atom. The Morgan fingerprint density at radius 3 is 2.11 bits per heavy atom. The van der Waals surface area contributed by atoms with Gasteiger partial charge in [-0.25, -0.2) is 8.78 Å². The molecular formula is C26H38F2. The number of halogens is 2. The first-order chi connectivity index (χ1) is 13.6. The summed E-state index contributed by atoms with van der Waals surface area (Å²) >= 11 is 0. The molecule has 3 aliphatic rings. The molecule has 1 aromatic carbocycles. The van der Waals surface area contributed by atoms with E-state index in [1.165, 1.54) is 82.8 Å². The van der Waals surface area contributed by atoms with Gasteiger partial charge in [-0.3, -0.25) is 0 Å². The number of hydrogen-bond acceptors (Lipinski definition) is 0. The molecule has 0 aliphatic heterocycles. The Hall–Kier alpha value is -0.920. The number of rotatable bonds is 5. The highest BCUT2D eigenvalue weighted by Gasteiger charge is 2.38. The molecule has 0 nitrogen and oxygen atoms in total. The molecule has 156 valence electrons. The fraction of sp³-hybridized carbons (Fsp3) is 0.769. The maximum Gasteiger partial charge on any atom is 0.159 e. The summed E-state index contributed by atoms with van der Waals surface area (Å²) in [5.74, 6) is 3.86. The monoisotopic (exact) mass is 388 g/mol. The predicted molar refractivity (Wildman–Crippen MR) is 112 cm³/mol. The molecule has 4 atom stereocenters. The molecular weight excluding hydrogens is 350 g/mol. The van der Waals surface area contributed by atoms with Gasteiger partial charge in [0.25, 0.3) is 0 Å². The van der Waals surface area contributed by atoms with Gasteiger partial charge in [-0.1, -0.05) is 38.7 Å². The zero-order valence-electron chi connectivity index (χ0n) is 17.6. The van der Waals surface area contributed by atoms with Gasteiger partial charge in [-0.15, -0.1) is 0 Å². The fourth-order valence-electron chi connectivity index (χ4n) is 6.90. The third-order valence-corrected chi connectivity index (χ3v) is 8.58. The minimum Gasteiger partial charge on any atom is -0.204 e. The van der Waals surface area contributed by atoms with Gasteiger partial charge in [-0.05, 0) is 111 Å². The van der Waals surface area contributed by atoms with Crippen molar-refractivity contribution >= 4 is 0 Å². The Kier molecular flexibility index (Phi) is 6.74. The van der Waals surface area contributed by atoms with Crippen LogP contribution in [0.4, 0.5) is 8.78 Å². The number of fused-ring (bicyclic) bond motifs is 1. The summed E-state index contributed by atoms with van der Waals surface area (Å²) < 4.78 is 26.8. The average Bonchev–Trinajstić information content (AvgIpc) is 2.74. The molecule has 0 N–H and O–H groups in total. The highest BCUT2D eigenvalue weighted by atomic mass is 19.2. The lowest BCUT2D eigenvalue weighted by molar-refractivity contribution is 0.0614. The molecule has 0 heterocycles. The average molecular weight is 389 g/mol. The molecule has 3 saturated carbocycles. The van der Waals surface area contributed by atoms with Gasteiger partial charge in [-0.2, -0.15) is 0 Å². The fourth-order valence-corrected chi connectivity index (χ4v) is 6.90. The lowest BCUT2D eigenvalue weighted by atomic mass is 9.60. The van der Waals surface area contributed by atoms with Gasteiger partial charge in [0, 0.05) is 0 Å². The zero-order valence-corrected chi connectivity index (χ0v) is 17.6. The highest BCUT2D eigenvalue weighted by Crippen LogP contribution is 2.50. The minimum atomic E-state index is -0.724. The third-order valence-electron chi connectivity index (χ3n) is 8.58. The van der Waals surface area contributed by atoms with Crippen molar-refractivity contribution in [1.29, 1.82) is 0 Å². The van der Waals surface area contributed by atoms with Crippen molar-refractivity contribution in [2.24, 2.45) is 29.6 Å². The first kappa shape index (κ1) is 20.4. The van der Waals surface area contributed by atoms with Crippen molar-refractivity contribution in [3.05, 3.63) is 35.4 Å². The minimum absolute atomic E-state index is 0.427. The Bertz CT molecular complexity index is 631. The summed E-state index contributed by atoms with van der Waals surface area (Å²) in [4.78, 5) is 0. The maximum atomic E-state index is 13.6. The van der Waals surface area contributed by atoms with Crippen LogP contribution in [-0.2, 0) is 0 Å². The largest absolute Gasteiger partial charge is 0.204 e. The molecule has 0 amide bonds.